The molecular weight excluding hydrogens is 430 g/mol. The number of quaternary nitrogens is 2. The van der Waals surface area contributed by atoms with Crippen molar-refractivity contribution in [1.29, 1.82) is 0 Å². The summed E-state index contributed by atoms with van der Waals surface area (Å²) in [5, 5.41) is 2.57. The fraction of sp³-hybridized carbons (Fsp3) is 1.00. The highest BCUT2D eigenvalue weighted by Gasteiger charge is 2.44. The van der Waals surface area contributed by atoms with E-state index in [2.05, 4.69) is 19.8 Å². The fourth-order valence-electron chi connectivity index (χ4n) is 6.84. The number of piperazine rings is 1. The second-order valence-corrected chi connectivity index (χ2v) is 14.2. The second kappa shape index (κ2) is 10.2. The number of thioether (sulfide) groups is 1. The minimum Gasteiger partial charge on any atom is -0.331 e. The summed E-state index contributed by atoms with van der Waals surface area (Å²) >= 11 is 1.61. The van der Waals surface area contributed by atoms with Crippen molar-refractivity contribution in [2.24, 2.45) is 11.8 Å². The first-order chi connectivity index (χ1) is 15.1. The van der Waals surface area contributed by atoms with Crippen LogP contribution in [0.5, 0.6) is 0 Å². The average Bonchev–Trinajstić information content (AvgIpc) is 3.36. The Morgan fingerprint density at radius 1 is 1.06 bits per heavy atom. The molecule has 6 aliphatic rings. The molecule has 0 aromatic heterocycles. The lowest BCUT2D eigenvalue weighted by Crippen LogP contribution is -3.20. The van der Waals surface area contributed by atoms with Crippen LogP contribution in [0.2, 0.25) is 0 Å². The third kappa shape index (κ3) is 5.44. The molecule has 6 saturated heterocycles. The van der Waals surface area contributed by atoms with E-state index in [1.54, 1.807) is 16.7 Å². The van der Waals surface area contributed by atoms with Gasteiger partial charge in [-0.05, 0) is 37.4 Å². The van der Waals surface area contributed by atoms with Crippen LogP contribution in [-0.4, -0.2) is 99.7 Å². The molecule has 7 nitrogen and oxygen atoms in total. The summed E-state index contributed by atoms with van der Waals surface area (Å²) in [6.45, 7) is 10.6. The van der Waals surface area contributed by atoms with Crippen LogP contribution in [0.15, 0.2) is 0 Å². The Labute approximate surface area is 193 Å². The number of fused-ring (bicyclic) bond motifs is 3. The molecule has 4 N–H and O–H groups in total. The molecule has 6 atom stereocenters. The third-order valence-electron chi connectivity index (χ3n) is 8.72. The molecule has 178 valence electrons. The van der Waals surface area contributed by atoms with Crippen LogP contribution < -0.4 is 14.9 Å². The van der Waals surface area contributed by atoms with Gasteiger partial charge in [-0.2, -0.15) is 0 Å². The van der Waals surface area contributed by atoms with Crippen molar-refractivity contribution in [2.45, 2.75) is 61.7 Å². The van der Waals surface area contributed by atoms with E-state index >= 15 is 0 Å². The lowest BCUT2D eigenvalue weighted by molar-refractivity contribution is -0.945. The molecule has 6 unspecified atom stereocenters. The number of piperidine rings is 4. The SMILES string of the molecule is O=S(=O)(NCC1CC2CC[NH+]1CC2CN1CCN(C2CCCC[NH2+]2)CC1)C1CCCS1. The minimum atomic E-state index is -3.14. The number of sulfonamides is 1. The van der Waals surface area contributed by atoms with Crippen molar-refractivity contribution >= 4 is 21.8 Å². The maximum atomic E-state index is 12.6. The first kappa shape index (κ1) is 22.9. The third-order valence-corrected chi connectivity index (χ3v) is 12.5. The van der Waals surface area contributed by atoms with E-state index in [1.165, 1.54) is 84.5 Å². The number of hydrogen-bond donors (Lipinski definition) is 3. The van der Waals surface area contributed by atoms with Crippen LogP contribution in [0.3, 0.4) is 0 Å². The Bertz CT molecular complexity index is 688. The maximum absolute atomic E-state index is 12.6. The molecule has 0 aliphatic carbocycles. The molecule has 6 aliphatic heterocycles. The van der Waals surface area contributed by atoms with Gasteiger partial charge in [-0.1, -0.05) is 0 Å². The highest BCUT2D eigenvalue weighted by atomic mass is 32.3. The van der Waals surface area contributed by atoms with Crippen LogP contribution in [-0.2, 0) is 10.0 Å². The van der Waals surface area contributed by atoms with E-state index in [-0.39, 0.29) is 4.58 Å². The van der Waals surface area contributed by atoms with E-state index in [0.717, 1.165) is 36.6 Å². The van der Waals surface area contributed by atoms with E-state index < -0.39 is 10.0 Å². The van der Waals surface area contributed by atoms with Crippen LogP contribution in [0, 0.1) is 11.8 Å². The summed E-state index contributed by atoms with van der Waals surface area (Å²) in [6.07, 6.45) is 9.29. The summed E-state index contributed by atoms with van der Waals surface area (Å²) in [7, 11) is -3.14. The zero-order chi connectivity index (χ0) is 21.3. The van der Waals surface area contributed by atoms with Crippen LogP contribution in [0.4, 0.5) is 0 Å². The average molecular weight is 474 g/mol. The Morgan fingerprint density at radius 3 is 2.61 bits per heavy atom. The molecule has 9 heteroatoms. The van der Waals surface area contributed by atoms with Crippen molar-refractivity contribution in [2.75, 3.05) is 64.7 Å². The van der Waals surface area contributed by atoms with Gasteiger partial charge in [0.1, 0.15) is 16.8 Å². The molecule has 31 heavy (non-hydrogen) atoms. The Hall–Kier alpha value is 0.1000. The molecule has 0 amide bonds. The Balaban J connectivity index is 1.07. The second-order valence-electron chi connectivity index (χ2n) is 10.6. The fourth-order valence-corrected chi connectivity index (χ4v) is 10.1. The molecular formula is C22H43N5O2S2+2. The first-order valence-corrected chi connectivity index (χ1v) is 15.4. The van der Waals surface area contributed by atoms with Crippen molar-refractivity contribution in [3.05, 3.63) is 0 Å². The van der Waals surface area contributed by atoms with Crippen LogP contribution in [0.25, 0.3) is 0 Å². The Morgan fingerprint density at radius 2 is 1.94 bits per heavy atom. The van der Waals surface area contributed by atoms with Crippen molar-refractivity contribution < 1.29 is 18.6 Å². The molecule has 2 bridgehead atoms. The molecule has 0 aromatic rings. The van der Waals surface area contributed by atoms with Crippen molar-refractivity contribution in [1.82, 2.24) is 14.5 Å². The number of nitrogens with one attached hydrogen (secondary N) is 2. The standard InChI is InChI=1S/C22H41N5O2S2/c28-31(29,22-5-3-13-30-22)24-15-20-14-18-6-8-27(20)17-19(18)16-25-9-11-26(12-10-25)21-4-1-2-7-23-21/h18-24H,1-17H2/p+2. The van der Waals surface area contributed by atoms with E-state index in [9.17, 15) is 8.42 Å². The molecule has 6 rings (SSSR count). The summed E-state index contributed by atoms with van der Waals surface area (Å²) < 4.78 is 28.0. The number of hydrogen-bond acceptors (Lipinski definition) is 5. The largest absolute Gasteiger partial charge is 0.331 e. The Kier molecular flexibility index (Phi) is 7.49. The maximum Gasteiger partial charge on any atom is 0.224 e. The summed E-state index contributed by atoms with van der Waals surface area (Å²) in [5.74, 6) is 2.58. The number of nitrogens with zero attached hydrogens (tertiary/aromatic N) is 2. The molecule has 6 heterocycles. The molecule has 0 aromatic carbocycles. The minimum absolute atomic E-state index is 0.212. The zero-order valence-electron chi connectivity index (χ0n) is 19.0. The quantitative estimate of drug-likeness (QED) is 0.431. The van der Waals surface area contributed by atoms with E-state index in [1.807, 2.05) is 0 Å². The van der Waals surface area contributed by atoms with Gasteiger partial charge in [-0.15, -0.1) is 11.8 Å². The lowest BCUT2D eigenvalue weighted by Gasteiger charge is -2.49. The van der Waals surface area contributed by atoms with Crippen molar-refractivity contribution in [3.8, 4) is 0 Å². The van der Waals surface area contributed by atoms with E-state index in [4.69, 9.17) is 0 Å². The molecule has 0 saturated carbocycles. The topological polar surface area (TPSA) is 73.7 Å². The molecule has 0 spiro atoms. The van der Waals surface area contributed by atoms with Gasteiger partial charge in [0.05, 0.1) is 26.2 Å². The van der Waals surface area contributed by atoms with Gasteiger partial charge < -0.3 is 15.1 Å². The molecule has 0 radical (unpaired) electrons. The summed E-state index contributed by atoms with van der Waals surface area (Å²) in [5.41, 5.74) is 0. The van der Waals surface area contributed by atoms with Crippen LogP contribution in [0.1, 0.15) is 44.9 Å². The van der Waals surface area contributed by atoms with Crippen LogP contribution >= 0.6 is 11.8 Å². The highest BCUT2D eigenvalue weighted by Crippen LogP contribution is 2.31. The predicted molar refractivity (Wildman–Crippen MR) is 126 cm³/mol. The van der Waals surface area contributed by atoms with Gasteiger partial charge in [0.25, 0.3) is 0 Å². The van der Waals surface area contributed by atoms with Gasteiger partial charge in [0.15, 0.2) is 0 Å². The van der Waals surface area contributed by atoms with Gasteiger partial charge in [0, 0.05) is 57.9 Å². The van der Waals surface area contributed by atoms with Gasteiger partial charge in [-0.25, -0.2) is 13.1 Å². The van der Waals surface area contributed by atoms with E-state index in [0.29, 0.717) is 12.6 Å². The zero-order valence-corrected chi connectivity index (χ0v) is 20.6. The normalized spacial score (nSPS) is 40.4. The van der Waals surface area contributed by atoms with Gasteiger partial charge in [-0.3, -0.25) is 4.90 Å². The number of nitrogens with two attached hydrogens (primary N) is 1. The smallest absolute Gasteiger partial charge is 0.224 e. The molecule has 6 fully saturated rings. The van der Waals surface area contributed by atoms with Crippen molar-refractivity contribution in [3.63, 3.8) is 0 Å². The first-order valence-electron chi connectivity index (χ1n) is 12.8. The summed E-state index contributed by atoms with van der Waals surface area (Å²) in [4.78, 5) is 7.10. The summed E-state index contributed by atoms with van der Waals surface area (Å²) in [6, 6.07) is 0.481. The number of rotatable bonds is 7. The monoisotopic (exact) mass is 473 g/mol. The lowest BCUT2D eigenvalue weighted by atomic mass is 9.75. The van der Waals surface area contributed by atoms with Gasteiger partial charge in [0.2, 0.25) is 10.0 Å². The predicted octanol–water partition coefficient (Wildman–Crippen LogP) is -1.26. The van der Waals surface area contributed by atoms with Gasteiger partial charge >= 0.3 is 0 Å². The highest BCUT2D eigenvalue weighted by molar-refractivity contribution is 8.13.